The highest BCUT2D eigenvalue weighted by molar-refractivity contribution is 6.01. The second-order valence-electron chi connectivity index (χ2n) is 12.7. The average molecular weight is 527 g/mol. The maximum atomic E-state index is 15.8. The van der Waals surface area contributed by atoms with E-state index in [9.17, 15) is 0 Å². The van der Waals surface area contributed by atoms with Crippen molar-refractivity contribution in [1.29, 1.82) is 0 Å². The molecule has 0 bridgehead atoms. The lowest BCUT2D eigenvalue weighted by Gasteiger charge is -2.46. The third kappa shape index (κ3) is 3.09. The summed E-state index contributed by atoms with van der Waals surface area (Å²) >= 11 is 0. The topological polar surface area (TPSA) is 7.76 Å². The predicted octanol–water partition coefficient (Wildman–Crippen LogP) is 7.78. The molecule has 3 aromatic carbocycles. The van der Waals surface area contributed by atoms with E-state index in [2.05, 4.69) is 142 Å². The van der Waals surface area contributed by atoms with E-state index >= 15 is 4.39 Å². The van der Waals surface area contributed by atoms with Gasteiger partial charge in [-0.05, 0) is 60.2 Å². The first-order chi connectivity index (χ1) is 19.1. The first kappa shape index (κ1) is 24.9. The molecule has 0 amide bonds. The van der Waals surface area contributed by atoms with Gasteiger partial charge in [-0.2, -0.15) is 4.57 Å². The lowest BCUT2D eigenvalue weighted by Crippen LogP contribution is -2.66. The Morgan fingerprint density at radius 1 is 0.750 bits per heavy atom. The maximum absolute atomic E-state index is 15.8. The zero-order chi connectivity index (χ0) is 28.0. The summed E-state index contributed by atoms with van der Waals surface area (Å²) in [7, 11) is 2.09. The molecule has 40 heavy (non-hydrogen) atoms. The van der Waals surface area contributed by atoms with E-state index in [0.29, 0.717) is 0 Å². The van der Waals surface area contributed by atoms with Crippen molar-refractivity contribution in [3.63, 3.8) is 0 Å². The van der Waals surface area contributed by atoms with Crippen molar-refractivity contribution in [3.8, 4) is 22.5 Å². The monoisotopic (exact) mass is 526 g/mol. The van der Waals surface area contributed by atoms with Gasteiger partial charge in [0.2, 0.25) is 11.4 Å². The second-order valence-corrected chi connectivity index (χ2v) is 12.7. The minimum atomic E-state index is -0.440. The van der Waals surface area contributed by atoms with Gasteiger partial charge in [0.05, 0.1) is 21.9 Å². The number of nitrogens with zero attached hydrogens (tertiary/aromatic N) is 2. The summed E-state index contributed by atoms with van der Waals surface area (Å²) in [5.41, 5.74) is 7.76. The Labute approximate surface area is 236 Å². The minimum Gasteiger partial charge on any atom is -0.207 e. The molecular formula is C37H35FN2+2. The third-order valence-corrected chi connectivity index (χ3v) is 9.99. The molecule has 1 aliphatic heterocycles. The van der Waals surface area contributed by atoms with Crippen molar-refractivity contribution >= 4 is 16.8 Å². The van der Waals surface area contributed by atoms with Crippen LogP contribution in [0, 0.1) is 5.82 Å². The predicted molar refractivity (Wildman–Crippen MR) is 160 cm³/mol. The number of rotatable bonds is 3. The number of benzene rings is 3. The zero-order valence-electron chi connectivity index (χ0n) is 24.1. The molecule has 2 aromatic heterocycles. The molecule has 3 heteroatoms. The van der Waals surface area contributed by atoms with Crippen LogP contribution in [0.25, 0.3) is 39.4 Å². The van der Waals surface area contributed by atoms with E-state index in [1.54, 1.807) is 6.07 Å². The molecule has 5 aromatic rings. The van der Waals surface area contributed by atoms with E-state index < -0.39 is 11.0 Å². The number of allylic oxidation sites excluding steroid dienone is 1. The van der Waals surface area contributed by atoms with Gasteiger partial charge in [-0.25, -0.2) is 8.96 Å². The van der Waals surface area contributed by atoms with E-state index in [4.69, 9.17) is 0 Å². The van der Waals surface area contributed by atoms with Gasteiger partial charge in [-0.3, -0.25) is 0 Å². The number of hydrogen-bond acceptors (Lipinski definition) is 0. The van der Waals surface area contributed by atoms with Gasteiger partial charge in [0.15, 0.2) is 17.9 Å². The molecule has 0 radical (unpaired) electrons. The van der Waals surface area contributed by atoms with Gasteiger partial charge in [0.25, 0.3) is 0 Å². The van der Waals surface area contributed by atoms with Crippen molar-refractivity contribution in [2.45, 2.75) is 51.0 Å². The Bertz CT molecular complexity index is 1890. The molecule has 2 aliphatic rings. The Morgan fingerprint density at radius 2 is 1.52 bits per heavy atom. The summed E-state index contributed by atoms with van der Waals surface area (Å²) in [6.07, 6.45) is 8.95. The van der Waals surface area contributed by atoms with Crippen LogP contribution >= 0.6 is 0 Å². The Morgan fingerprint density at radius 3 is 2.33 bits per heavy atom. The highest BCUT2D eigenvalue weighted by Crippen LogP contribution is 2.56. The fourth-order valence-electron chi connectivity index (χ4n) is 7.36. The number of halogens is 1. The molecule has 1 unspecified atom stereocenters. The fraction of sp³-hybridized carbons (Fsp3) is 0.243. The van der Waals surface area contributed by atoms with Crippen LogP contribution < -0.4 is 9.13 Å². The van der Waals surface area contributed by atoms with Crippen LogP contribution in [0.1, 0.15) is 56.9 Å². The van der Waals surface area contributed by atoms with Crippen LogP contribution in [-0.2, 0) is 23.4 Å². The van der Waals surface area contributed by atoms with Crippen molar-refractivity contribution in [3.05, 3.63) is 125 Å². The summed E-state index contributed by atoms with van der Waals surface area (Å²) in [5, 5.41) is 2.44. The Kier molecular flexibility index (Phi) is 5.11. The van der Waals surface area contributed by atoms with Crippen molar-refractivity contribution in [2.24, 2.45) is 7.05 Å². The molecule has 0 fully saturated rings. The quantitative estimate of drug-likeness (QED) is 0.212. The van der Waals surface area contributed by atoms with Gasteiger partial charge in [0.1, 0.15) is 12.9 Å². The van der Waals surface area contributed by atoms with Crippen LogP contribution in [0.4, 0.5) is 4.39 Å². The van der Waals surface area contributed by atoms with E-state index in [-0.39, 0.29) is 11.2 Å². The SMILES string of the molecule is C[n+]1ccccc1-c1ccccc1/C=C/C1(C)[n+]2ccc3cccc4c3c2-c2c(ccc(F)c2C4(C)C)C1(C)C. The minimum absolute atomic E-state index is 0.124. The van der Waals surface area contributed by atoms with Crippen molar-refractivity contribution in [2.75, 3.05) is 0 Å². The number of aromatic nitrogens is 2. The van der Waals surface area contributed by atoms with E-state index in [1.807, 2.05) is 6.07 Å². The molecule has 0 spiro atoms. The largest absolute Gasteiger partial charge is 0.222 e. The third-order valence-electron chi connectivity index (χ3n) is 9.99. The van der Waals surface area contributed by atoms with Gasteiger partial charge in [-0.1, -0.05) is 62.4 Å². The number of hydrogen-bond donors (Lipinski definition) is 0. The smallest absolute Gasteiger partial charge is 0.207 e. The van der Waals surface area contributed by atoms with Crippen LogP contribution in [0.5, 0.6) is 0 Å². The van der Waals surface area contributed by atoms with Crippen LogP contribution in [0.2, 0.25) is 0 Å². The normalized spacial score (nSPS) is 19.8. The summed E-state index contributed by atoms with van der Waals surface area (Å²) in [5.74, 6) is -0.124. The molecule has 0 saturated heterocycles. The molecule has 2 nitrogen and oxygen atoms in total. The highest BCUT2D eigenvalue weighted by Gasteiger charge is 2.57. The molecule has 7 rings (SSSR count). The van der Waals surface area contributed by atoms with Crippen LogP contribution in [0.15, 0.2) is 97.3 Å². The van der Waals surface area contributed by atoms with Crippen LogP contribution in [-0.4, -0.2) is 0 Å². The standard InChI is InChI=1S/C37H35FN2/c1-35(2)27-15-11-13-25-20-23-40-34(31(25)27)32-28(17-18-29(38)33(32)35)36(3,4)37(40,5)21-19-24-12-7-8-14-26(24)30-16-9-10-22-39(30)6/h7-23H,1-6H3/q+2/b21-19+. The number of pyridine rings is 2. The maximum Gasteiger partial charge on any atom is 0.222 e. The first-order valence-electron chi connectivity index (χ1n) is 14.1. The highest BCUT2D eigenvalue weighted by atomic mass is 19.1. The van der Waals surface area contributed by atoms with Gasteiger partial charge in [0, 0.05) is 36.1 Å². The summed E-state index contributed by atoms with van der Waals surface area (Å²) in [6, 6.07) is 27.3. The van der Waals surface area contributed by atoms with Crippen molar-refractivity contribution < 1.29 is 13.5 Å². The molecule has 1 atom stereocenters. The Hall–Kier alpha value is -4.11. The van der Waals surface area contributed by atoms with E-state index in [0.717, 1.165) is 16.8 Å². The average Bonchev–Trinajstić information content (AvgIpc) is 2.94. The lowest BCUT2D eigenvalue weighted by molar-refractivity contribution is -0.750. The van der Waals surface area contributed by atoms with Gasteiger partial charge in [-0.15, -0.1) is 0 Å². The molecular weight excluding hydrogens is 491 g/mol. The van der Waals surface area contributed by atoms with Gasteiger partial charge < -0.3 is 0 Å². The summed E-state index contributed by atoms with van der Waals surface area (Å²) in [4.78, 5) is 0. The fourth-order valence-corrected chi connectivity index (χ4v) is 7.36. The Balaban J connectivity index is 1.52. The molecule has 198 valence electrons. The second kappa shape index (κ2) is 8.20. The van der Waals surface area contributed by atoms with Gasteiger partial charge >= 0.3 is 0 Å². The summed E-state index contributed by atoms with van der Waals surface area (Å²) in [6.45, 7) is 11.3. The van der Waals surface area contributed by atoms with E-state index in [1.165, 1.54) is 38.7 Å². The molecule has 3 heterocycles. The zero-order valence-corrected chi connectivity index (χ0v) is 24.1. The lowest BCUT2D eigenvalue weighted by atomic mass is 9.59. The summed E-state index contributed by atoms with van der Waals surface area (Å²) < 4.78 is 20.4. The van der Waals surface area contributed by atoms with Crippen molar-refractivity contribution in [1.82, 2.24) is 0 Å². The molecule has 0 N–H and O–H groups in total. The number of aryl methyl sites for hydroxylation is 1. The first-order valence-corrected chi connectivity index (χ1v) is 14.1. The molecule has 1 aliphatic carbocycles. The molecule has 0 saturated carbocycles. The van der Waals surface area contributed by atoms with Crippen LogP contribution in [0.3, 0.4) is 0 Å².